The third-order valence-corrected chi connectivity index (χ3v) is 8.54. The zero-order chi connectivity index (χ0) is 30.8. The molecule has 0 amide bonds. The molecule has 9 nitrogen and oxygen atoms in total. The number of hydrogen-bond acceptors (Lipinski definition) is 9. The van der Waals surface area contributed by atoms with Crippen LogP contribution in [0.2, 0.25) is 0 Å². The Morgan fingerprint density at radius 3 is 2.49 bits per heavy atom. The fraction of sp³-hybridized carbons (Fsp3) is 0.250. The van der Waals surface area contributed by atoms with E-state index in [1.807, 2.05) is 19.1 Å². The molecule has 0 fully saturated rings. The standard InChI is InChI=1S/C32H29BrN2O7S/c1-6-40-26-16-23(33)22(15-25(26)39-5)29-28(31(38)41-7-2)17(3)34-32-35(29)30(37)27(43-32)14-21-12-13-24(42-21)20-10-8-19(9-11-20)18(4)36/h8-16,29H,6-7H2,1-5H3/b27-14+/t29-/m0/s1. The van der Waals surface area contributed by atoms with E-state index in [-0.39, 0.29) is 23.5 Å². The van der Waals surface area contributed by atoms with Gasteiger partial charge in [0.2, 0.25) is 0 Å². The number of fused-ring (bicyclic) bond motifs is 1. The third kappa shape index (κ3) is 5.87. The van der Waals surface area contributed by atoms with Crippen LogP contribution in [-0.4, -0.2) is 36.6 Å². The summed E-state index contributed by atoms with van der Waals surface area (Å²) in [5, 5.41) is 0. The molecule has 4 aromatic rings. The Kier molecular flexibility index (Phi) is 8.84. The van der Waals surface area contributed by atoms with Gasteiger partial charge >= 0.3 is 5.97 Å². The molecule has 2 aromatic heterocycles. The number of halogens is 1. The Morgan fingerprint density at radius 1 is 1.09 bits per heavy atom. The van der Waals surface area contributed by atoms with Crippen molar-refractivity contribution < 1.29 is 28.2 Å². The smallest absolute Gasteiger partial charge is 0.338 e. The van der Waals surface area contributed by atoms with Crippen LogP contribution in [0.5, 0.6) is 11.5 Å². The number of carbonyl (C=O) groups excluding carboxylic acids is 2. The van der Waals surface area contributed by atoms with E-state index in [4.69, 9.17) is 18.6 Å². The van der Waals surface area contributed by atoms with Crippen LogP contribution in [0.1, 0.15) is 55.4 Å². The summed E-state index contributed by atoms with van der Waals surface area (Å²) in [7, 11) is 1.53. The number of ketones is 1. The van der Waals surface area contributed by atoms with Gasteiger partial charge in [0.1, 0.15) is 11.5 Å². The molecule has 1 atom stereocenters. The maximum atomic E-state index is 14.0. The van der Waals surface area contributed by atoms with Gasteiger partial charge in [-0.25, -0.2) is 9.79 Å². The number of esters is 1. The first kappa shape index (κ1) is 30.2. The molecule has 0 spiro atoms. The largest absolute Gasteiger partial charge is 0.493 e. The van der Waals surface area contributed by atoms with Crippen molar-refractivity contribution in [3.8, 4) is 22.8 Å². The molecule has 0 radical (unpaired) electrons. The molecule has 0 bridgehead atoms. The molecule has 11 heteroatoms. The second-order valence-electron chi connectivity index (χ2n) is 9.60. The molecule has 222 valence electrons. The molecule has 43 heavy (non-hydrogen) atoms. The normalized spacial score (nSPS) is 14.7. The molecular weight excluding hydrogens is 636 g/mol. The maximum absolute atomic E-state index is 14.0. The lowest BCUT2D eigenvalue weighted by Crippen LogP contribution is -2.40. The number of nitrogens with zero attached hydrogens (tertiary/aromatic N) is 2. The minimum atomic E-state index is -0.844. The Labute approximate surface area is 259 Å². The molecular formula is C32H29BrN2O7S. The van der Waals surface area contributed by atoms with Gasteiger partial charge in [0.15, 0.2) is 22.1 Å². The topological polar surface area (TPSA) is 109 Å². The third-order valence-electron chi connectivity index (χ3n) is 6.87. The molecule has 1 aliphatic heterocycles. The van der Waals surface area contributed by atoms with Crippen molar-refractivity contribution in [2.45, 2.75) is 33.7 Å². The van der Waals surface area contributed by atoms with Gasteiger partial charge < -0.3 is 18.6 Å². The number of hydrogen-bond donors (Lipinski definition) is 0. The van der Waals surface area contributed by atoms with E-state index in [0.717, 1.165) is 5.56 Å². The van der Waals surface area contributed by atoms with Crippen LogP contribution in [0.3, 0.4) is 0 Å². The van der Waals surface area contributed by atoms with Crippen molar-refractivity contribution in [2.24, 2.45) is 4.99 Å². The van der Waals surface area contributed by atoms with Gasteiger partial charge in [-0.05, 0) is 57.5 Å². The van der Waals surface area contributed by atoms with Crippen LogP contribution in [0.4, 0.5) is 0 Å². The van der Waals surface area contributed by atoms with Gasteiger partial charge in [0.05, 0.1) is 42.2 Å². The number of benzene rings is 2. The lowest BCUT2D eigenvalue weighted by atomic mass is 9.95. The molecule has 3 heterocycles. The van der Waals surface area contributed by atoms with Crippen molar-refractivity contribution in [1.82, 2.24) is 4.57 Å². The summed E-state index contributed by atoms with van der Waals surface area (Å²) in [5.41, 5.74) is 2.38. The lowest BCUT2D eigenvalue weighted by molar-refractivity contribution is -0.139. The van der Waals surface area contributed by atoms with Crippen LogP contribution in [-0.2, 0) is 9.53 Å². The predicted octanol–water partition coefficient (Wildman–Crippen LogP) is 5.43. The summed E-state index contributed by atoms with van der Waals surface area (Å²) >= 11 is 4.83. The average Bonchev–Trinajstić information content (AvgIpc) is 3.57. The average molecular weight is 666 g/mol. The Hall–Kier alpha value is -4.22. The summed E-state index contributed by atoms with van der Waals surface area (Å²) in [6.45, 7) is 7.44. The van der Waals surface area contributed by atoms with E-state index in [9.17, 15) is 14.4 Å². The van der Waals surface area contributed by atoms with Crippen LogP contribution >= 0.6 is 27.3 Å². The fourth-order valence-corrected chi connectivity index (χ4v) is 6.42. The summed E-state index contributed by atoms with van der Waals surface area (Å²) in [4.78, 5) is 44.0. The number of rotatable bonds is 9. The van der Waals surface area contributed by atoms with Crippen molar-refractivity contribution in [2.75, 3.05) is 20.3 Å². The van der Waals surface area contributed by atoms with E-state index < -0.39 is 12.0 Å². The molecule has 0 saturated carbocycles. The zero-order valence-corrected chi connectivity index (χ0v) is 26.6. The van der Waals surface area contributed by atoms with Gasteiger partial charge in [-0.2, -0.15) is 0 Å². The maximum Gasteiger partial charge on any atom is 0.338 e. The number of ether oxygens (including phenoxy) is 3. The zero-order valence-electron chi connectivity index (χ0n) is 24.2. The Bertz CT molecular complexity index is 1930. The number of methoxy groups -OCH3 is 1. The van der Waals surface area contributed by atoms with E-state index in [2.05, 4.69) is 20.9 Å². The number of thiazole rings is 1. The van der Waals surface area contributed by atoms with Crippen LogP contribution in [0, 0.1) is 0 Å². The lowest BCUT2D eigenvalue weighted by Gasteiger charge is -2.26. The SMILES string of the molecule is CCOC(=O)C1=C(C)N=c2s/c(=C/c3ccc(-c4ccc(C(C)=O)cc4)o3)c(=O)n2[C@H]1c1cc(OC)c(OCC)cc1Br. The van der Waals surface area contributed by atoms with Crippen LogP contribution < -0.4 is 24.4 Å². The predicted molar refractivity (Wildman–Crippen MR) is 166 cm³/mol. The van der Waals surface area contributed by atoms with Crippen LogP contribution in [0.25, 0.3) is 17.4 Å². The minimum absolute atomic E-state index is 0.0163. The van der Waals surface area contributed by atoms with Crippen molar-refractivity contribution in [3.05, 3.63) is 101 Å². The minimum Gasteiger partial charge on any atom is -0.493 e. The first-order chi connectivity index (χ1) is 20.7. The Balaban J connectivity index is 1.64. The highest BCUT2D eigenvalue weighted by Crippen LogP contribution is 2.41. The van der Waals surface area contributed by atoms with Crippen molar-refractivity contribution in [1.29, 1.82) is 0 Å². The highest BCUT2D eigenvalue weighted by molar-refractivity contribution is 9.10. The highest BCUT2D eigenvalue weighted by Gasteiger charge is 2.35. The summed E-state index contributed by atoms with van der Waals surface area (Å²) in [6, 6.07) is 13.4. The number of allylic oxidation sites excluding steroid dienone is 1. The first-order valence-corrected chi connectivity index (χ1v) is 15.2. The van der Waals surface area contributed by atoms with Crippen LogP contribution in [0.15, 0.2) is 78.5 Å². The molecule has 0 unspecified atom stereocenters. The molecule has 1 aliphatic rings. The molecule has 2 aromatic carbocycles. The highest BCUT2D eigenvalue weighted by atomic mass is 79.9. The summed E-state index contributed by atoms with van der Waals surface area (Å²) < 4.78 is 25.3. The molecule has 0 saturated heterocycles. The summed E-state index contributed by atoms with van der Waals surface area (Å²) in [5.74, 6) is 1.47. The fourth-order valence-electron chi connectivity index (χ4n) is 4.86. The van der Waals surface area contributed by atoms with E-state index >= 15 is 0 Å². The molecule has 0 N–H and O–H groups in total. The second kappa shape index (κ2) is 12.6. The molecule has 5 rings (SSSR count). The second-order valence-corrected chi connectivity index (χ2v) is 11.5. The van der Waals surface area contributed by atoms with Gasteiger partial charge in [-0.1, -0.05) is 51.5 Å². The summed E-state index contributed by atoms with van der Waals surface area (Å²) in [6.07, 6.45) is 1.66. The van der Waals surface area contributed by atoms with Gasteiger partial charge in [-0.15, -0.1) is 0 Å². The number of furan rings is 1. The quantitative estimate of drug-likeness (QED) is 0.173. The number of carbonyl (C=O) groups is 2. The monoisotopic (exact) mass is 664 g/mol. The number of Topliss-reactive ketones (excluding diaryl/α,β-unsaturated/α-hetero) is 1. The first-order valence-electron chi connectivity index (χ1n) is 13.6. The van der Waals surface area contributed by atoms with E-state index in [1.54, 1.807) is 56.3 Å². The van der Waals surface area contributed by atoms with Gasteiger partial charge in [0, 0.05) is 21.7 Å². The van der Waals surface area contributed by atoms with E-state index in [0.29, 0.717) is 60.3 Å². The Morgan fingerprint density at radius 2 is 1.84 bits per heavy atom. The number of aromatic nitrogens is 1. The van der Waals surface area contributed by atoms with Gasteiger partial charge in [-0.3, -0.25) is 14.2 Å². The van der Waals surface area contributed by atoms with Gasteiger partial charge in [0.25, 0.3) is 5.56 Å². The van der Waals surface area contributed by atoms with Crippen molar-refractivity contribution >= 4 is 45.1 Å². The van der Waals surface area contributed by atoms with E-state index in [1.165, 1.54) is 29.9 Å². The molecule has 0 aliphatic carbocycles. The van der Waals surface area contributed by atoms with Crippen molar-refractivity contribution in [3.63, 3.8) is 0 Å².